The Morgan fingerprint density at radius 1 is 0.944 bits per heavy atom. The molecule has 18 heavy (non-hydrogen) atoms. The van der Waals surface area contributed by atoms with Crippen molar-refractivity contribution in [2.24, 2.45) is 0 Å². The molecule has 2 aromatic rings. The first kappa shape index (κ1) is 18.9. The van der Waals surface area contributed by atoms with Crippen molar-refractivity contribution in [2.45, 2.75) is 47.3 Å². The Hall–Kier alpha value is -1.50. The molecule has 0 saturated carbocycles. The zero-order valence-electron chi connectivity index (χ0n) is 12.5. The van der Waals surface area contributed by atoms with Gasteiger partial charge in [-0.3, -0.25) is 9.45 Å². The van der Waals surface area contributed by atoms with Gasteiger partial charge in [-0.25, -0.2) is 9.97 Å². The monoisotopic (exact) mass is 270 g/mol. The van der Waals surface area contributed by atoms with E-state index in [1.54, 1.807) is 12.7 Å². The molecule has 2 rings (SSSR count). The molecule has 1 N–H and O–H groups in total. The van der Waals surface area contributed by atoms with Crippen molar-refractivity contribution in [3.05, 3.63) is 25.3 Å². The lowest BCUT2D eigenvalue weighted by molar-refractivity contribution is 0.933. The Morgan fingerprint density at radius 2 is 1.56 bits per heavy atom. The van der Waals surface area contributed by atoms with Gasteiger partial charge >= 0.3 is 0 Å². The lowest BCUT2D eigenvalue weighted by Gasteiger charge is -2.14. The van der Waals surface area contributed by atoms with E-state index >= 15 is 0 Å². The highest BCUT2D eigenvalue weighted by Gasteiger charge is 2.15. The minimum Gasteiger partial charge on any atom is -0.284 e. The minimum absolute atomic E-state index is 1.24. The quantitative estimate of drug-likeness (QED) is 0.809. The van der Waals surface area contributed by atoms with Crippen LogP contribution in [0.2, 0.25) is 19.6 Å². The Kier molecular flexibility index (Phi) is 12.5. The smallest absolute Gasteiger partial charge is 0.178 e. The molecule has 0 saturated heterocycles. The molecule has 104 valence electrons. The number of aromatic nitrogens is 6. The van der Waals surface area contributed by atoms with Crippen LogP contribution in [-0.4, -0.2) is 37.8 Å². The van der Waals surface area contributed by atoms with E-state index in [4.69, 9.17) is 0 Å². The second-order valence-corrected chi connectivity index (χ2v) is 8.46. The van der Waals surface area contributed by atoms with Gasteiger partial charge in [0.25, 0.3) is 0 Å². The van der Waals surface area contributed by atoms with Crippen LogP contribution < -0.4 is 0 Å². The van der Waals surface area contributed by atoms with Crippen LogP contribution in [-0.2, 0) is 0 Å². The van der Waals surface area contributed by atoms with Crippen molar-refractivity contribution in [2.75, 3.05) is 0 Å². The molecule has 0 aliphatic carbocycles. The van der Waals surface area contributed by atoms with E-state index < -0.39 is 8.24 Å². The van der Waals surface area contributed by atoms with Crippen molar-refractivity contribution < 1.29 is 0 Å². The summed E-state index contributed by atoms with van der Waals surface area (Å²) >= 11 is 0. The van der Waals surface area contributed by atoms with Gasteiger partial charge in [0.2, 0.25) is 0 Å². The average molecular weight is 270 g/mol. The molecule has 0 unspecified atom stereocenters. The van der Waals surface area contributed by atoms with Gasteiger partial charge in [0.05, 0.1) is 0 Å². The van der Waals surface area contributed by atoms with Crippen LogP contribution in [0.25, 0.3) is 0 Å². The van der Waals surface area contributed by atoms with E-state index in [0.717, 1.165) is 0 Å². The summed E-state index contributed by atoms with van der Waals surface area (Å²) in [5, 5.41) is 10.0. The Labute approximate surface area is 111 Å². The number of H-pyrrole nitrogens is 1. The molecular weight excluding hydrogens is 244 g/mol. The van der Waals surface area contributed by atoms with Crippen LogP contribution in [0.4, 0.5) is 0 Å². The lowest BCUT2D eigenvalue weighted by atomic mass is 11.0. The van der Waals surface area contributed by atoms with Crippen LogP contribution in [0, 0.1) is 0 Å². The number of nitrogens with one attached hydrogen (secondary N) is 1. The van der Waals surface area contributed by atoms with E-state index in [2.05, 4.69) is 44.9 Å². The highest BCUT2D eigenvalue weighted by Crippen LogP contribution is 2.00. The maximum atomic E-state index is 4.05. The largest absolute Gasteiger partial charge is 0.284 e. The van der Waals surface area contributed by atoms with Gasteiger partial charge in [0, 0.05) is 0 Å². The normalized spacial score (nSPS) is 8.83. The number of hydrogen-bond donors (Lipinski definition) is 1. The summed E-state index contributed by atoms with van der Waals surface area (Å²) in [6.45, 7) is 14.7. The van der Waals surface area contributed by atoms with Gasteiger partial charge in [-0.15, -0.1) is 0 Å². The third-order valence-electron chi connectivity index (χ3n) is 1.44. The Morgan fingerprint density at radius 3 is 1.72 bits per heavy atom. The van der Waals surface area contributed by atoms with E-state index in [-0.39, 0.29) is 0 Å². The molecule has 0 aliphatic heterocycles. The second-order valence-electron chi connectivity index (χ2n) is 3.66. The molecule has 0 atom stereocenters. The summed E-state index contributed by atoms with van der Waals surface area (Å²) in [7, 11) is -1.24. The maximum Gasteiger partial charge on any atom is 0.178 e. The van der Waals surface area contributed by atoms with Crippen LogP contribution in [0.5, 0.6) is 0 Å². The standard InChI is InChI=1S/C5H11N3Si.C2H3N3.2C2H6/c1-9(2,3)8-5-6-4-7-8;1-3-2-5-4-1;2*1-2/h4-5H,1-3H3;1-2H,(H,3,4,5);2*1-2H3. The lowest BCUT2D eigenvalue weighted by Crippen LogP contribution is -2.32. The molecule has 6 nitrogen and oxygen atoms in total. The van der Waals surface area contributed by atoms with Gasteiger partial charge < -0.3 is 0 Å². The first-order valence-corrected chi connectivity index (χ1v) is 9.69. The zero-order valence-corrected chi connectivity index (χ0v) is 13.5. The zero-order chi connectivity index (χ0) is 14.4. The molecule has 0 spiro atoms. The van der Waals surface area contributed by atoms with Crippen LogP contribution in [0.1, 0.15) is 27.7 Å². The van der Waals surface area contributed by atoms with E-state index in [1.807, 2.05) is 32.0 Å². The number of hydrogen-bond acceptors (Lipinski definition) is 4. The Bertz CT molecular complexity index is 308. The molecule has 0 fully saturated rings. The topological polar surface area (TPSA) is 72.3 Å². The fourth-order valence-electron chi connectivity index (χ4n) is 0.721. The molecule has 0 bridgehead atoms. The van der Waals surface area contributed by atoms with Crippen LogP contribution >= 0.6 is 0 Å². The number of rotatable bonds is 1. The Balaban J connectivity index is 0. The summed E-state index contributed by atoms with van der Waals surface area (Å²) < 4.78 is 1.97. The van der Waals surface area contributed by atoms with Crippen molar-refractivity contribution in [3.8, 4) is 0 Å². The van der Waals surface area contributed by atoms with Gasteiger partial charge in [-0.05, 0) is 19.6 Å². The van der Waals surface area contributed by atoms with Crippen LogP contribution in [0.15, 0.2) is 25.3 Å². The molecule has 0 amide bonds. The van der Waals surface area contributed by atoms with E-state index in [0.29, 0.717) is 0 Å². The SMILES string of the molecule is CC.CC.C[Si](C)(C)n1cncn1.c1nc[nH]n1. The van der Waals surface area contributed by atoms with E-state index in [1.165, 1.54) is 12.7 Å². The van der Waals surface area contributed by atoms with Gasteiger partial charge in [0.15, 0.2) is 8.24 Å². The van der Waals surface area contributed by atoms with Crippen molar-refractivity contribution in [3.63, 3.8) is 0 Å². The summed E-state index contributed by atoms with van der Waals surface area (Å²) in [5.41, 5.74) is 0. The van der Waals surface area contributed by atoms with Gasteiger partial charge in [-0.1, -0.05) is 27.7 Å². The molecule has 0 aromatic carbocycles. The molecule has 0 radical (unpaired) electrons. The predicted octanol–water partition coefficient (Wildman–Crippen LogP) is 2.82. The molecule has 7 heteroatoms. The average Bonchev–Trinajstić information content (AvgIpc) is 3.09. The first-order chi connectivity index (χ1) is 8.61. The van der Waals surface area contributed by atoms with E-state index in [9.17, 15) is 0 Å². The molecular formula is C11H26N6Si. The number of nitrogens with zero attached hydrogens (tertiary/aromatic N) is 5. The van der Waals surface area contributed by atoms with Crippen molar-refractivity contribution in [1.29, 1.82) is 0 Å². The number of aromatic amines is 1. The summed E-state index contributed by atoms with van der Waals surface area (Å²) in [6.07, 6.45) is 6.32. The molecule has 2 heterocycles. The summed E-state index contributed by atoms with van der Waals surface area (Å²) in [5.74, 6) is 0. The first-order valence-electron chi connectivity index (χ1n) is 6.24. The third-order valence-corrected chi connectivity index (χ3v) is 3.04. The highest BCUT2D eigenvalue weighted by molar-refractivity contribution is 6.74. The maximum absolute atomic E-state index is 4.05. The van der Waals surface area contributed by atoms with Gasteiger partial charge in [-0.2, -0.15) is 10.2 Å². The van der Waals surface area contributed by atoms with Crippen LogP contribution in [0.3, 0.4) is 0 Å². The van der Waals surface area contributed by atoms with Crippen molar-refractivity contribution >= 4 is 8.24 Å². The highest BCUT2D eigenvalue weighted by atomic mass is 28.3. The predicted molar refractivity (Wildman–Crippen MR) is 77.8 cm³/mol. The fourth-order valence-corrected chi connectivity index (χ4v) is 1.53. The second kappa shape index (κ2) is 12.0. The molecule has 2 aromatic heterocycles. The summed E-state index contributed by atoms with van der Waals surface area (Å²) in [4.78, 5) is 7.43. The third kappa shape index (κ3) is 9.70. The summed E-state index contributed by atoms with van der Waals surface area (Å²) in [6, 6.07) is 0. The van der Waals surface area contributed by atoms with Gasteiger partial charge in [0.1, 0.15) is 25.3 Å². The molecule has 0 aliphatic rings. The minimum atomic E-state index is -1.24. The fraction of sp³-hybridized carbons (Fsp3) is 0.636. The van der Waals surface area contributed by atoms with Crippen molar-refractivity contribution in [1.82, 2.24) is 29.6 Å².